The Morgan fingerprint density at radius 3 is 2.64 bits per heavy atom. The molecule has 0 bridgehead atoms. The molecule has 2 aromatic carbocycles. The number of rotatable bonds is 4. The molecule has 1 aliphatic rings. The summed E-state index contributed by atoms with van der Waals surface area (Å²) in [5.74, 6) is 0.421. The second-order valence-corrected chi connectivity index (χ2v) is 6.82. The highest BCUT2D eigenvalue weighted by molar-refractivity contribution is 5.46. The molecule has 0 amide bonds. The Morgan fingerprint density at radius 1 is 1.24 bits per heavy atom. The second kappa shape index (κ2) is 6.83. The fourth-order valence-electron chi connectivity index (χ4n) is 3.11. The number of ether oxygens (including phenoxy) is 1. The number of nitrogens with one attached hydrogen (secondary N) is 1. The molecule has 2 aromatic rings. The molecule has 0 saturated carbocycles. The molecular weight excluding hydrogens is 319 g/mol. The van der Waals surface area contributed by atoms with E-state index >= 15 is 0 Å². The van der Waals surface area contributed by atoms with Crippen LogP contribution in [0, 0.1) is 17.1 Å². The minimum absolute atomic E-state index is 0.253. The summed E-state index contributed by atoms with van der Waals surface area (Å²) in [6, 6.07) is 13.4. The van der Waals surface area contributed by atoms with Crippen LogP contribution in [0.5, 0.6) is 5.75 Å². The number of nitriles is 1. The van der Waals surface area contributed by atoms with E-state index in [0.29, 0.717) is 24.3 Å². The predicted octanol–water partition coefficient (Wildman–Crippen LogP) is 3.10. The number of aliphatic hydroxyl groups excluding tert-OH is 1. The van der Waals surface area contributed by atoms with Crippen molar-refractivity contribution in [3.8, 4) is 11.8 Å². The zero-order valence-electron chi connectivity index (χ0n) is 14.3. The minimum atomic E-state index is -0.762. The summed E-state index contributed by atoms with van der Waals surface area (Å²) in [5, 5.41) is 23.2. The van der Waals surface area contributed by atoms with Crippen molar-refractivity contribution < 1.29 is 14.2 Å². The van der Waals surface area contributed by atoms with Crippen LogP contribution in [0.15, 0.2) is 42.5 Å². The number of halogens is 1. The van der Waals surface area contributed by atoms with Crippen LogP contribution >= 0.6 is 0 Å². The summed E-state index contributed by atoms with van der Waals surface area (Å²) < 4.78 is 18.9. The van der Waals surface area contributed by atoms with Crippen molar-refractivity contribution in [2.24, 2.45) is 0 Å². The molecule has 0 unspecified atom stereocenters. The Morgan fingerprint density at radius 2 is 1.96 bits per heavy atom. The first-order valence-electron chi connectivity index (χ1n) is 8.29. The molecule has 1 aliphatic heterocycles. The SMILES string of the molecule is CC1(C)Oc2ccc(C#N)cc2[C@H](NCCc2ccc(F)cc2)[C@H]1O. The molecule has 25 heavy (non-hydrogen) atoms. The second-order valence-electron chi connectivity index (χ2n) is 6.82. The van der Waals surface area contributed by atoms with Gasteiger partial charge in [0.25, 0.3) is 0 Å². The van der Waals surface area contributed by atoms with Crippen LogP contribution in [0.4, 0.5) is 4.39 Å². The van der Waals surface area contributed by atoms with E-state index in [2.05, 4.69) is 11.4 Å². The van der Waals surface area contributed by atoms with E-state index in [1.165, 1.54) is 12.1 Å². The van der Waals surface area contributed by atoms with E-state index in [1.807, 2.05) is 13.8 Å². The fourth-order valence-corrected chi connectivity index (χ4v) is 3.11. The number of hydrogen-bond acceptors (Lipinski definition) is 4. The molecule has 0 saturated heterocycles. The number of hydrogen-bond donors (Lipinski definition) is 2. The highest BCUT2D eigenvalue weighted by Gasteiger charge is 2.42. The van der Waals surface area contributed by atoms with E-state index < -0.39 is 11.7 Å². The Labute approximate surface area is 146 Å². The summed E-state index contributed by atoms with van der Waals surface area (Å²) in [6.45, 7) is 4.29. The van der Waals surface area contributed by atoms with E-state index in [1.54, 1.807) is 30.3 Å². The molecule has 2 N–H and O–H groups in total. The van der Waals surface area contributed by atoms with Gasteiger partial charge in [-0.2, -0.15) is 5.26 Å². The molecule has 2 atom stereocenters. The Balaban J connectivity index is 1.79. The Bertz CT molecular complexity index is 796. The maximum Gasteiger partial charge on any atom is 0.131 e. The summed E-state index contributed by atoms with van der Waals surface area (Å²) in [5.41, 5.74) is 1.58. The van der Waals surface area contributed by atoms with Crippen molar-refractivity contribution in [3.05, 3.63) is 65.0 Å². The van der Waals surface area contributed by atoms with E-state index in [4.69, 9.17) is 10.00 Å². The molecular formula is C20H21FN2O2. The maximum atomic E-state index is 13.0. The van der Waals surface area contributed by atoms with Gasteiger partial charge in [-0.25, -0.2) is 4.39 Å². The maximum absolute atomic E-state index is 13.0. The summed E-state index contributed by atoms with van der Waals surface area (Å²) in [4.78, 5) is 0. The Hall–Kier alpha value is -2.42. The average molecular weight is 340 g/mol. The van der Waals surface area contributed by atoms with Gasteiger partial charge in [-0.05, 0) is 62.7 Å². The quantitative estimate of drug-likeness (QED) is 0.898. The van der Waals surface area contributed by atoms with Gasteiger partial charge in [0.05, 0.1) is 17.7 Å². The van der Waals surface area contributed by atoms with Crippen molar-refractivity contribution in [2.75, 3.05) is 6.54 Å². The molecule has 0 aromatic heterocycles. The number of nitrogens with zero attached hydrogens (tertiary/aromatic N) is 1. The molecule has 3 rings (SSSR count). The third kappa shape index (κ3) is 3.65. The normalized spacial score (nSPS) is 21.1. The monoisotopic (exact) mass is 340 g/mol. The third-order valence-corrected chi connectivity index (χ3v) is 4.57. The smallest absolute Gasteiger partial charge is 0.131 e. The molecule has 0 fully saturated rings. The fraction of sp³-hybridized carbons (Fsp3) is 0.350. The lowest BCUT2D eigenvalue weighted by atomic mass is 9.86. The number of fused-ring (bicyclic) bond motifs is 1. The van der Waals surface area contributed by atoms with Crippen LogP contribution in [0.3, 0.4) is 0 Å². The number of benzene rings is 2. The molecule has 0 aliphatic carbocycles. The Kier molecular flexibility index (Phi) is 4.76. The molecule has 0 spiro atoms. The van der Waals surface area contributed by atoms with Crippen molar-refractivity contribution in [1.29, 1.82) is 5.26 Å². The summed E-state index contributed by atoms with van der Waals surface area (Å²) in [6.07, 6.45) is -0.0555. The van der Waals surface area contributed by atoms with Gasteiger partial charge in [-0.15, -0.1) is 0 Å². The van der Waals surface area contributed by atoms with Gasteiger partial charge in [0, 0.05) is 5.56 Å². The largest absolute Gasteiger partial charge is 0.485 e. The molecule has 5 heteroatoms. The molecule has 0 radical (unpaired) electrons. The van der Waals surface area contributed by atoms with Gasteiger partial charge < -0.3 is 15.2 Å². The lowest BCUT2D eigenvalue weighted by Gasteiger charge is -2.42. The molecule has 130 valence electrons. The first kappa shape index (κ1) is 17.4. The van der Waals surface area contributed by atoms with Crippen LogP contribution < -0.4 is 10.1 Å². The molecule has 4 nitrogen and oxygen atoms in total. The van der Waals surface area contributed by atoms with Gasteiger partial charge in [-0.3, -0.25) is 0 Å². The lowest BCUT2D eigenvalue weighted by molar-refractivity contribution is -0.0644. The van der Waals surface area contributed by atoms with Crippen LogP contribution in [0.25, 0.3) is 0 Å². The first-order chi connectivity index (χ1) is 11.9. The van der Waals surface area contributed by atoms with Crippen LogP contribution in [-0.4, -0.2) is 23.4 Å². The summed E-state index contributed by atoms with van der Waals surface area (Å²) >= 11 is 0. The van der Waals surface area contributed by atoms with E-state index in [-0.39, 0.29) is 11.9 Å². The molecule has 1 heterocycles. The van der Waals surface area contributed by atoms with Crippen molar-refractivity contribution >= 4 is 0 Å². The minimum Gasteiger partial charge on any atom is -0.485 e. The van der Waals surface area contributed by atoms with Crippen molar-refractivity contribution in [1.82, 2.24) is 5.32 Å². The number of aliphatic hydroxyl groups is 1. The zero-order chi connectivity index (χ0) is 18.0. The third-order valence-electron chi connectivity index (χ3n) is 4.57. The first-order valence-corrected chi connectivity index (χ1v) is 8.29. The van der Waals surface area contributed by atoms with E-state index in [9.17, 15) is 9.50 Å². The standard InChI is InChI=1S/C20H21FN2O2/c1-20(2)19(24)18(16-11-14(12-22)5-8-17(16)25-20)23-10-9-13-3-6-15(21)7-4-13/h3-8,11,18-19,23-24H,9-10H2,1-2H3/t18-,19+/m0/s1. The van der Waals surface area contributed by atoms with Gasteiger partial charge in [0.2, 0.25) is 0 Å². The highest BCUT2D eigenvalue weighted by atomic mass is 19.1. The topological polar surface area (TPSA) is 65.3 Å². The zero-order valence-corrected chi connectivity index (χ0v) is 14.3. The van der Waals surface area contributed by atoms with Crippen LogP contribution in [0.2, 0.25) is 0 Å². The van der Waals surface area contributed by atoms with Crippen LogP contribution in [-0.2, 0) is 6.42 Å². The predicted molar refractivity (Wildman–Crippen MR) is 92.7 cm³/mol. The van der Waals surface area contributed by atoms with Gasteiger partial charge >= 0.3 is 0 Å². The highest BCUT2D eigenvalue weighted by Crippen LogP contribution is 2.40. The van der Waals surface area contributed by atoms with Crippen LogP contribution in [0.1, 0.15) is 36.6 Å². The van der Waals surface area contributed by atoms with E-state index in [0.717, 1.165) is 11.1 Å². The average Bonchev–Trinajstić information content (AvgIpc) is 2.59. The summed E-state index contributed by atoms with van der Waals surface area (Å²) in [7, 11) is 0. The van der Waals surface area contributed by atoms with Gasteiger partial charge in [0.1, 0.15) is 23.3 Å². The van der Waals surface area contributed by atoms with Crippen molar-refractivity contribution in [3.63, 3.8) is 0 Å². The van der Waals surface area contributed by atoms with Gasteiger partial charge in [0.15, 0.2) is 0 Å². The lowest BCUT2D eigenvalue weighted by Crippen LogP contribution is -2.52. The van der Waals surface area contributed by atoms with Crippen molar-refractivity contribution in [2.45, 2.75) is 38.0 Å². The van der Waals surface area contributed by atoms with Gasteiger partial charge in [-0.1, -0.05) is 12.1 Å².